The Morgan fingerprint density at radius 1 is 1.32 bits per heavy atom. The third kappa shape index (κ3) is 3.41. The number of rotatable bonds is 3. The number of carbonyl (C=O) groups is 1. The lowest BCUT2D eigenvalue weighted by Gasteiger charge is -2.32. The van der Waals surface area contributed by atoms with E-state index in [4.69, 9.17) is 0 Å². The van der Waals surface area contributed by atoms with E-state index in [0.29, 0.717) is 0 Å². The molecule has 9 heteroatoms. The fourth-order valence-electron chi connectivity index (χ4n) is 2.34. The van der Waals surface area contributed by atoms with Gasteiger partial charge in [-0.25, -0.2) is 8.42 Å². The predicted molar refractivity (Wildman–Crippen MR) is 73.2 cm³/mol. The Morgan fingerprint density at radius 2 is 1.95 bits per heavy atom. The Morgan fingerprint density at radius 3 is 2.59 bits per heavy atom. The van der Waals surface area contributed by atoms with Crippen molar-refractivity contribution in [2.75, 3.05) is 13.1 Å². The van der Waals surface area contributed by atoms with Crippen molar-refractivity contribution in [2.45, 2.75) is 24.9 Å². The van der Waals surface area contributed by atoms with E-state index >= 15 is 0 Å². The maximum atomic E-state index is 12.9. The Labute approximate surface area is 126 Å². The van der Waals surface area contributed by atoms with Gasteiger partial charge >= 0.3 is 6.18 Å². The van der Waals surface area contributed by atoms with Gasteiger partial charge in [0.2, 0.25) is 15.9 Å². The molecule has 5 nitrogen and oxygen atoms in total. The van der Waals surface area contributed by atoms with Gasteiger partial charge in [-0.05, 0) is 18.6 Å². The number of alkyl halides is 3. The summed E-state index contributed by atoms with van der Waals surface area (Å²) >= 11 is 0. The number of hydrogen-bond donors (Lipinski definition) is 1. The van der Waals surface area contributed by atoms with Gasteiger partial charge in [-0.1, -0.05) is 18.2 Å². The summed E-state index contributed by atoms with van der Waals surface area (Å²) in [7, 11) is -4.03. The minimum atomic E-state index is -4.63. The van der Waals surface area contributed by atoms with Gasteiger partial charge in [0.15, 0.2) is 0 Å². The molecule has 1 fully saturated rings. The molecule has 0 bridgehead atoms. The molecule has 1 aliphatic heterocycles. The Balaban J connectivity index is 2.32. The number of amides is 1. The minimum absolute atomic E-state index is 0.0451. The maximum absolute atomic E-state index is 12.9. The number of benzene rings is 1. The second kappa shape index (κ2) is 5.88. The van der Waals surface area contributed by atoms with Crippen molar-refractivity contribution in [3.63, 3.8) is 0 Å². The van der Waals surface area contributed by atoms with Crippen molar-refractivity contribution >= 4 is 15.9 Å². The highest BCUT2D eigenvalue weighted by molar-refractivity contribution is 7.88. The lowest BCUT2D eigenvalue weighted by atomic mass is 10.1. The first-order chi connectivity index (χ1) is 10.1. The molecule has 0 saturated carbocycles. The highest BCUT2D eigenvalue weighted by atomic mass is 32.2. The molecule has 0 radical (unpaired) electrons. The first-order valence-corrected chi connectivity index (χ1v) is 8.16. The number of nitrogens with one attached hydrogen (secondary N) is 1. The molecule has 1 saturated heterocycles. The third-order valence-corrected chi connectivity index (χ3v) is 5.35. The van der Waals surface area contributed by atoms with Crippen LogP contribution in [0, 0.1) is 0 Å². The quantitative estimate of drug-likeness (QED) is 0.906. The van der Waals surface area contributed by atoms with E-state index in [9.17, 15) is 26.4 Å². The van der Waals surface area contributed by atoms with E-state index in [1.54, 1.807) is 0 Å². The van der Waals surface area contributed by atoms with Gasteiger partial charge < -0.3 is 5.32 Å². The van der Waals surface area contributed by atoms with Crippen LogP contribution in [0.4, 0.5) is 13.2 Å². The molecule has 0 aromatic heterocycles. The van der Waals surface area contributed by atoms with Crippen molar-refractivity contribution in [3.05, 3.63) is 35.4 Å². The normalized spacial score (nSPS) is 20.7. The molecule has 122 valence electrons. The van der Waals surface area contributed by atoms with Gasteiger partial charge in [0, 0.05) is 13.1 Å². The lowest BCUT2D eigenvalue weighted by molar-refractivity contribution is -0.138. The van der Waals surface area contributed by atoms with Crippen molar-refractivity contribution in [1.29, 1.82) is 0 Å². The van der Waals surface area contributed by atoms with E-state index in [1.165, 1.54) is 19.1 Å². The number of hydrogen-bond acceptors (Lipinski definition) is 3. The molecule has 1 aromatic rings. The molecule has 2 rings (SSSR count). The third-order valence-electron chi connectivity index (χ3n) is 3.46. The standard InChI is InChI=1S/C13H15F3N2O3S/c1-9-12(19)17-6-7-18(9)22(20,21)8-10-4-2-3-5-11(10)13(14,15)16/h2-5,9H,6-8H2,1H3,(H,17,19)/t9-/m0/s1. The zero-order chi connectivity index (χ0) is 16.5. The first-order valence-electron chi connectivity index (χ1n) is 6.55. The lowest BCUT2D eigenvalue weighted by Crippen LogP contribution is -2.55. The highest BCUT2D eigenvalue weighted by Gasteiger charge is 2.38. The SMILES string of the molecule is C[C@H]1C(=O)NCCN1S(=O)(=O)Cc1ccccc1C(F)(F)F. The van der Waals surface area contributed by atoms with E-state index in [-0.39, 0.29) is 18.7 Å². The van der Waals surface area contributed by atoms with Crippen LogP contribution in [-0.2, 0) is 26.7 Å². The van der Waals surface area contributed by atoms with Gasteiger partial charge in [-0.15, -0.1) is 0 Å². The largest absolute Gasteiger partial charge is 0.416 e. The second-order valence-corrected chi connectivity index (χ2v) is 6.91. The molecule has 22 heavy (non-hydrogen) atoms. The van der Waals surface area contributed by atoms with Gasteiger partial charge in [-0.3, -0.25) is 4.79 Å². The van der Waals surface area contributed by atoms with Crippen LogP contribution in [0.25, 0.3) is 0 Å². The van der Waals surface area contributed by atoms with Gasteiger partial charge in [-0.2, -0.15) is 17.5 Å². The van der Waals surface area contributed by atoms with E-state index in [2.05, 4.69) is 5.32 Å². The molecule has 0 spiro atoms. The van der Waals surface area contributed by atoms with Crippen LogP contribution in [0.1, 0.15) is 18.1 Å². The van der Waals surface area contributed by atoms with Gasteiger partial charge in [0.05, 0.1) is 11.3 Å². The van der Waals surface area contributed by atoms with Crippen molar-refractivity contribution in [1.82, 2.24) is 9.62 Å². The van der Waals surface area contributed by atoms with Crippen LogP contribution >= 0.6 is 0 Å². The van der Waals surface area contributed by atoms with Crippen LogP contribution < -0.4 is 5.32 Å². The van der Waals surface area contributed by atoms with Gasteiger partial charge in [0.25, 0.3) is 0 Å². The summed E-state index contributed by atoms with van der Waals surface area (Å²) in [5.41, 5.74) is -1.30. The summed E-state index contributed by atoms with van der Waals surface area (Å²) in [5.74, 6) is -1.25. The van der Waals surface area contributed by atoms with E-state index < -0.39 is 39.5 Å². The predicted octanol–water partition coefficient (Wildman–Crippen LogP) is 1.36. The zero-order valence-corrected chi connectivity index (χ0v) is 12.5. The van der Waals surface area contributed by atoms with Crippen LogP contribution in [0.5, 0.6) is 0 Å². The first kappa shape index (κ1) is 16.8. The average molecular weight is 336 g/mol. The minimum Gasteiger partial charge on any atom is -0.353 e. The maximum Gasteiger partial charge on any atom is 0.416 e. The van der Waals surface area contributed by atoms with Crippen LogP contribution in [0.3, 0.4) is 0 Å². The zero-order valence-electron chi connectivity index (χ0n) is 11.7. The smallest absolute Gasteiger partial charge is 0.353 e. The number of nitrogens with zero attached hydrogens (tertiary/aromatic N) is 1. The number of sulfonamides is 1. The summed E-state index contributed by atoms with van der Waals surface area (Å²) in [6, 6.07) is 3.60. The summed E-state index contributed by atoms with van der Waals surface area (Å²) in [6.07, 6.45) is -4.63. The van der Waals surface area contributed by atoms with Crippen molar-refractivity contribution < 1.29 is 26.4 Å². The van der Waals surface area contributed by atoms with Gasteiger partial charge in [0.1, 0.15) is 6.04 Å². The number of halogens is 3. The molecule has 1 amide bonds. The second-order valence-electron chi connectivity index (χ2n) is 4.99. The van der Waals surface area contributed by atoms with Crippen molar-refractivity contribution in [2.24, 2.45) is 0 Å². The fraction of sp³-hybridized carbons (Fsp3) is 0.462. The fourth-order valence-corrected chi connectivity index (χ4v) is 4.10. The van der Waals surface area contributed by atoms with Crippen LogP contribution in [0.15, 0.2) is 24.3 Å². The molecule has 1 atom stereocenters. The summed E-state index contributed by atoms with van der Waals surface area (Å²) in [5, 5.41) is 2.51. The molecule has 1 N–H and O–H groups in total. The molecule has 0 aliphatic carbocycles. The molecule has 1 aliphatic rings. The van der Waals surface area contributed by atoms with Crippen molar-refractivity contribution in [3.8, 4) is 0 Å². The number of carbonyl (C=O) groups excluding carboxylic acids is 1. The molecular formula is C13H15F3N2O3S. The summed E-state index contributed by atoms with van der Waals surface area (Å²) in [4.78, 5) is 11.5. The monoisotopic (exact) mass is 336 g/mol. The molecule has 1 heterocycles. The highest BCUT2D eigenvalue weighted by Crippen LogP contribution is 2.33. The molecule has 1 aromatic carbocycles. The topological polar surface area (TPSA) is 66.5 Å². The van der Waals surface area contributed by atoms with E-state index in [0.717, 1.165) is 16.4 Å². The molecule has 0 unspecified atom stereocenters. The summed E-state index contributed by atoms with van der Waals surface area (Å²) in [6.45, 7) is 1.59. The number of piperazine rings is 1. The summed E-state index contributed by atoms with van der Waals surface area (Å²) < 4.78 is 64.5. The van der Waals surface area contributed by atoms with E-state index in [1.807, 2.05) is 0 Å². The Bertz CT molecular complexity index is 673. The Hall–Kier alpha value is -1.61. The average Bonchev–Trinajstić information content (AvgIpc) is 2.40. The van der Waals surface area contributed by atoms with Crippen LogP contribution in [-0.4, -0.2) is 37.8 Å². The molecular weight excluding hydrogens is 321 g/mol. The Kier molecular flexibility index (Phi) is 4.48. The van der Waals surface area contributed by atoms with Crippen LogP contribution in [0.2, 0.25) is 0 Å².